The van der Waals surface area contributed by atoms with Crippen molar-refractivity contribution in [2.75, 3.05) is 13.2 Å². The Balaban J connectivity index is 2.28. The van der Waals surface area contributed by atoms with Crippen LogP contribution in [0.25, 0.3) is 0 Å². The Morgan fingerprint density at radius 2 is 2.40 bits per heavy atom. The van der Waals surface area contributed by atoms with Gasteiger partial charge in [-0.1, -0.05) is 13.3 Å². The summed E-state index contributed by atoms with van der Waals surface area (Å²) in [5, 5.41) is 9.45. The fraction of sp³-hybridized carbons (Fsp3) is 0.727. The molecule has 1 fully saturated rings. The molecule has 1 aliphatic rings. The first-order valence-corrected chi connectivity index (χ1v) is 5.28. The molecule has 0 spiro atoms. The Morgan fingerprint density at radius 1 is 1.73 bits per heavy atom. The third kappa shape index (κ3) is 4.95. The molecular formula is C11H18O4. The van der Waals surface area contributed by atoms with Crippen molar-refractivity contribution in [1.82, 2.24) is 0 Å². The quantitative estimate of drug-likeness (QED) is 0.407. The zero-order valence-electron chi connectivity index (χ0n) is 9.23. The molecule has 1 N–H and O–H groups in total. The van der Waals surface area contributed by atoms with Crippen LogP contribution in [0.5, 0.6) is 0 Å². The first-order chi connectivity index (χ1) is 7.13. The summed E-state index contributed by atoms with van der Waals surface area (Å²) in [6, 6.07) is 0. The van der Waals surface area contributed by atoms with E-state index in [1.54, 1.807) is 13.0 Å². The second-order valence-electron chi connectivity index (χ2n) is 3.76. The molecule has 0 aromatic heterocycles. The number of rotatable bonds is 6. The SMILES string of the molecule is CCCC(O)/C=C(\C)C(=O)OCC1CO1. The lowest BCUT2D eigenvalue weighted by Gasteiger charge is -2.06. The maximum atomic E-state index is 11.4. The molecule has 15 heavy (non-hydrogen) atoms. The van der Waals surface area contributed by atoms with Crippen LogP contribution in [0, 0.1) is 0 Å². The molecule has 0 aromatic carbocycles. The van der Waals surface area contributed by atoms with Crippen molar-refractivity contribution >= 4 is 5.97 Å². The Morgan fingerprint density at radius 3 is 2.93 bits per heavy atom. The highest BCUT2D eigenvalue weighted by molar-refractivity contribution is 5.87. The van der Waals surface area contributed by atoms with Gasteiger partial charge >= 0.3 is 5.97 Å². The van der Waals surface area contributed by atoms with Crippen LogP contribution in [-0.4, -0.2) is 36.5 Å². The highest BCUT2D eigenvalue weighted by atomic mass is 16.6. The monoisotopic (exact) mass is 214 g/mol. The normalized spacial score (nSPS) is 22.3. The second-order valence-corrected chi connectivity index (χ2v) is 3.76. The highest BCUT2D eigenvalue weighted by Gasteiger charge is 2.24. The van der Waals surface area contributed by atoms with Crippen molar-refractivity contribution in [3.8, 4) is 0 Å². The molecule has 0 aliphatic carbocycles. The van der Waals surface area contributed by atoms with Gasteiger partial charge in [0.05, 0.1) is 12.7 Å². The maximum Gasteiger partial charge on any atom is 0.333 e. The van der Waals surface area contributed by atoms with E-state index in [0.29, 0.717) is 25.2 Å². The summed E-state index contributed by atoms with van der Waals surface area (Å²) in [6.07, 6.45) is 2.62. The molecule has 0 bridgehead atoms. The number of aliphatic hydroxyl groups excluding tert-OH is 1. The van der Waals surface area contributed by atoms with Gasteiger partial charge in [0, 0.05) is 5.57 Å². The zero-order chi connectivity index (χ0) is 11.3. The van der Waals surface area contributed by atoms with Crippen molar-refractivity contribution in [2.45, 2.75) is 38.9 Å². The molecule has 1 saturated heterocycles. The minimum absolute atomic E-state index is 0.0855. The highest BCUT2D eigenvalue weighted by Crippen LogP contribution is 2.10. The van der Waals surface area contributed by atoms with Gasteiger partial charge in [-0.05, 0) is 19.4 Å². The molecule has 4 heteroatoms. The Kier molecular flexibility index (Phi) is 4.78. The fourth-order valence-electron chi connectivity index (χ4n) is 1.18. The smallest absolute Gasteiger partial charge is 0.333 e. The van der Waals surface area contributed by atoms with Crippen molar-refractivity contribution in [3.05, 3.63) is 11.6 Å². The minimum Gasteiger partial charge on any atom is -0.459 e. The lowest BCUT2D eigenvalue weighted by atomic mass is 10.1. The number of hydrogen-bond acceptors (Lipinski definition) is 4. The summed E-state index contributed by atoms with van der Waals surface area (Å²) in [6.45, 7) is 4.62. The van der Waals surface area contributed by atoms with Crippen LogP contribution in [-0.2, 0) is 14.3 Å². The van der Waals surface area contributed by atoms with Gasteiger partial charge < -0.3 is 14.6 Å². The number of ether oxygens (including phenoxy) is 2. The average Bonchev–Trinajstić information content (AvgIpc) is 2.97. The van der Waals surface area contributed by atoms with E-state index in [0.717, 1.165) is 6.42 Å². The third-order valence-electron chi connectivity index (χ3n) is 2.15. The second kappa shape index (κ2) is 5.88. The van der Waals surface area contributed by atoms with Crippen LogP contribution in [0.1, 0.15) is 26.7 Å². The maximum absolute atomic E-state index is 11.4. The molecule has 1 rings (SSSR count). The molecule has 4 nitrogen and oxygen atoms in total. The van der Waals surface area contributed by atoms with E-state index >= 15 is 0 Å². The van der Waals surface area contributed by atoms with Gasteiger partial charge in [0.2, 0.25) is 0 Å². The molecule has 0 radical (unpaired) electrons. The van der Waals surface area contributed by atoms with E-state index in [2.05, 4.69) is 0 Å². The van der Waals surface area contributed by atoms with Gasteiger partial charge in [0.1, 0.15) is 12.7 Å². The number of carbonyl (C=O) groups is 1. The van der Waals surface area contributed by atoms with Crippen LogP contribution in [0.15, 0.2) is 11.6 Å². The van der Waals surface area contributed by atoms with Gasteiger partial charge in [-0.3, -0.25) is 0 Å². The molecule has 86 valence electrons. The summed E-state index contributed by atoms with van der Waals surface area (Å²) < 4.78 is 9.88. The zero-order valence-corrected chi connectivity index (χ0v) is 9.23. The van der Waals surface area contributed by atoms with Crippen molar-refractivity contribution in [3.63, 3.8) is 0 Å². The van der Waals surface area contributed by atoms with E-state index in [9.17, 15) is 9.90 Å². The molecule has 0 aromatic rings. The summed E-state index contributed by atoms with van der Waals surface area (Å²) in [7, 11) is 0. The molecular weight excluding hydrogens is 196 g/mol. The first kappa shape index (κ1) is 12.2. The largest absolute Gasteiger partial charge is 0.459 e. The van der Waals surface area contributed by atoms with Gasteiger partial charge in [0.15, 0.2) is 0 Å². The Bertz CT molecular complexity index is 243. The standard InChI is InChI=1S/C11H18O4/c1-3-4-9(12)5-8(2)11(13)15-7-10-6-14-10/h5,9-10,12H,3-4,6-7H2,1-2H3/b8-5+. The van der Waals surface area contributed by atoms with Crippen molar-refractivity contribution in [2.24, 2.45) is 0 Å². The molecule has 2 atom stereocenters. The van der Waals surface area contributed by atoms with E-state index in [-0.39, 0.29) is 12.1 Å². The molecule has 0 saturated carbocycles. The third-order valence-corrected chi connectivity index (χ3v) is 2.15. The van der Waals surface area contributed by atoms with E-state index in [1.165, 1.54) is 0 Å². The lowest BCUT2D eigenvalue weighted by Crippen LogP contribution is -2.13. The number of aliphatic hydroxyl groups is 1. The molecule has 1 heterocycles. The van der Waals surface area contributed by atoms with Crippen LogP contribution in [0.2, 0.25) is 0 Å². The average molecular weight is 214 g/mol. The molecule has 2 unspecified atom stereocenters. The van der Waals surface area contributed by atoms with E-state index < -0.39 is 6.10 Å². The number of epoxide rings is 1. The summed E-state index contributed by atoms with van der Waals surface area (Å²) in [5.41, 5.74) is 0.455. The van der Waals surface area contributed by atoms with Gasteiger partial charge in [-0.15, -0.1) is 0 Å². The van der Waals surface area contributed by atoms with E-state index in [4.69, 9.17) is 9.47 Å². The summed E-state index contributed by atoms with van der Waals surface area (Å²) in [4.78, 5) is 11.4. The van der Waals surface area contributed by atoms with Gasteiger partial charge in [-0.25, -0.2) is 4.79 Å². The van der Waals surface area contributed by atoms with Crippen LogP contribution >= 0.6 is 0 Å². The fourth-order valence-corrected chi connectivity index (χ4v) is 1.18. The summed E-state index contributed by atoms with van der Waals surface area (Å²) in [5.74, 6) is -0.374. The van der Waals surface area contributed by atoms with Gasteiger partial charge in [-0.2, -0.15) is 0 Å². The predicted octanol–water partition coefficient (Wildman–Crippen LogP) is 1.04. The van der Waals surface area contributed by atoms with Gasteiger partial charge in [0.25, 0.3) is 0 Å². The Labute approximate surface area is 89.9 Å². The molecule has 0 amide bonds. The number of carbonyl (C=O) groups excluding carboxylic acids is 1. The number of esters is 1. The summed E-state index contributed by atoms with van der Waals surface area (Å²) >= 11 is 0. The van der Waals surface area contributed by atoms with Crippen molar-refractivity contribution < 1.29 is 19.4 Å². The van der Waals surface area contributed by atoms with Crippen molar-refractivity contribution in [1.29, 1.82) is 0 Å². The van der Waals surface area contributed by atoms with Crippen LogP contribution in [0.3, 0.4) is 0 Å². The van der Waals surface area contributed by atoms with Crippen LogP contribution < -0.4 is 0 Å². The predicted molar refractivity (Wildman–Crippen MR) is 55.4 cm³/mol. The Hall–Kier alpha value is -0.870. The molecule has 1 aliphatic heterocycles. The number of hydrogen-bond donors (Lipinski definition) is 1. The van der Waals surface area contributed by atoms with Crippen LogP contribution in [0.4, 0.5) is 0 Å². The minimum atomic E-state index is -0.556. The first-order valence-electron chi connectivity index (χ1n) is 5.28. The van der Waals surface area contributed by atoms with E-state index in [1.807, 2.05) is 6.92 Å². The lowest BCUT2D eigenvalue weighted by molar-refractivity contribution is -0.139. The topological polar surface area (TPSA) is 59.1 Å².